The van der Waals surface area contributed by atoms with Gasteiger partial charge in [0.25, 0.3) is 7.82 Å². The lowest BCUT2D eigenvalue weighted by atomic mass is 10.0. The monoisotopic (exact) mass is 1210 g/mol. The number of likely N-dealkylation sites (N-methyl/N-ethyl adjacent to an activating group) is 1. The maximum absolute atomic E-state index is 13.0. The van der Waals surface area contributed by atoms with Crippen LogP contribution in [0.4, 0.5) is 0 Å². The first-order chi connectivity index (χ1) is 42.0. The summed E-state index contributed by atoms with van der Waals surface area (Å²) < 4.78 is 23.4. The molecule has 0 radical (unpaired) electrons. The van der Waals surface area contributed by atoms with E-state index in [0.717, 1.165) is 109 Å². The van der Waals surface area contributed by atoms with Crippen LogP contribution in [0.2, 0.25) is 0 Å². The van der Waals surface area contributed by atoms with E-state index in [1.807, 2.05) is 27.2 Å². The molecule has 0 aromatic carbocycles. The number of carbonyl (C=O) groups excluding carboxylic acids is 1. The topological polar surface area (TPSA) is 108 Å². The van der Waals surface area contributed by atoms with E-state index in [2.05, 4.69) is 177 Å². The SMILES string of the molecule is CC/C=C\C/C=C\C/C=C\C/C=C\C/C=C\C/C=C\C/C=C\C/C=C\C/C=C\C/C=C\C/C=C\C/C=C\CCCCC(=O)NC(COP(=O)([O-])OCC[N+](C)(C)C)C(O)/C=C/CC/C=C/CCCCCCCCCCCCCCCCCCCCC. The number of rotatable bonds is 61. The highest BCUT2D eigenvalue weighted by atomic mass is 31.2. The van der Waals surface area contributed by atoms with Gasteiger partial charge in [-0.25, -0.2) is 0 Å². The molecule has 3 unspecified atom stereocenters. The molecule has 0 rings (SSSR count). The van der Waals surface area contributed by atoms with E-state index in [0.29, 0.717) is 17.4 Å². The minimum Gasteiger partial charge on any atom is -0.756 e. The number of aliphatic hydroxyl groups is 1. The third kappa shape index (κ3) is 67.4. The minimum atomic E-state index is -4.64. The Balaban J connectivity index is 4.29. The van der Waals surface area contributed by atoms with Crippen LogP contribution >= 0.6 is 7.82 Å². The number of allylic oxidation sites excluding steroid dienone is 27. The summed E-state index contributed by atoms with van der Waals surface area (Å²) in [4.78, 5) is 25.6. The number of aliphatic hydroxyl groups excluding tert-OH is 1. The second-order valence-electron chi connectivity index (χ2n) is 23.8. The second-order valence-corrected chi connectivity index (χ2v) is 25.2. The molecule has 0 aliphatic heterocycles. The molecule has 0 saturated heterocycles. The quantitative estimate of drug-likeness (QED) is 0.0272. The fourth-order valence-electron chi connectivity index (χ4n) is 9.09. The number of hydrogen-bond donors (Lipinski definition) is 2. The maximum atomic E-state index is 13.0. The largest absolute Gasteiger partial charge is 0.756 e. The van der Waals surface area contributed by atoms with Gasteiger partial charge in [-0.3, -0.25) is 9.36 Å². The molecular formula is C77H129N2O6P. The predicted molar refractivity (Wildman–Crippen MR) is 375 cm³/mol. The first-order valence-corrected chi connectivity index (χ1v) is 36.0. The first-order valence-electron chi connectivity index (χ1n) is 34.5. The van der Waals surface area contributed by atoms with Gasteiger partial charge in [0.2, 0.25) is 5.91 Å². The number of quaternary nitrogens is 1. The third-order valence-corrected chi connectivity index (χ3v) is 15.4. The van der Waals surface area contributed by atoms with Crippen LogP contribution in [0.5, 0.6) is 0 Å². The average Bonchev–Trinajstić information content (AvgIpc) is 3.70. The van der Waals surface area contributed by atoms with Crippen LogP contribution in [0.1, 0.15) is 258 Å². The summed E-state index contributed by atoms with van der Waals surface area (Å²) in [6.07, 6.45) is 103. The van der Waals surface area contributed by atoms with E-state index >= 15 is 0 Å². The zero-order valence-electron chi connectivity index (χ0n) is 55.7. The highest BCUT2D eigenvalue weighted by molar-refractivity contribution is 7.45. The molecule has 0 aromatic rings. The van der Waals surface area contributed by atoms with Crippen molar-refractivity contribution in [2.45, 2.75) is 270 Å². The summed E-state index contributed by atoms with van der Waals surface area (Å²) in [5.74, 6) is -0.255. The molecule has 0 aromatic heterocycles. The number of nitrogens with zero attached hydrogens (tertiary/aromatic N) is 1. The zero-order chi connectivity index (χ0) is 62.6. The van der Waals surface area contributed by atoms with Gasteiger partial charge >= 0.3 is 0 Å². The van der Waals surface area contributed by atoms with Crippen molar-refractivity contribution in [3.05, 3.63) is 170 Å². The number of phosphoric acid groups is 1. The molecular weight excluding hydrogens is 1080 g/mol. The lowest BCUT2D eigenvalue weighted by Crippen LogP contribution is -2.45. The Morgan fingerprint density at radius 1 is 0.419 bits per heavy atom. The third-order valence-electron chi connectivity index (χ3n) is 14.4. The molecule has 0 bridgehead atoms. The van der Waals surface area contributed by atoms with Crippen molar-refractivity contribution in [3.8, 4) is 0 Å². The average molecular weight is 1210 g/mol. The highest BCUT2D eigenvalue weighted by Crippen LogP contribution is 2.38. The van der Waals surface area contributed by atoms with Crippen LogP contribution < -0.4 is 10.2 Å². The fraction of sp³-hybridized carbons (Fsp3) is 0.623. The molecule has 86 heavy (non-hydrogen) atoms. The Morgan fingerprint density at radius 3 is 1.08 bits per heavy atom. The van der Waals surface area contributed by atoms with Crippen molar-refractivity contribution in [1.29, 1.82) is 0 Å². The van der Waals surface area contributed by atoms with Gasteiger partial charge in [0, 0.05) is 6.42 Å². The van der Waals surface area contributed by atoms with Gasteiger partial charge in [-0.2, -0.15) is 0 Å². The normalized spacial score (nSPS) is 14.7. The van der Waals surface area contributed by atoms with E-state index in [1.54, 1.807) is 6.08 Å². The number of phosphoric ester groups is 1. The molecule has 3 atom stereocenters. The maximum Gasteiger partial charge on any atom is 0.268 e. The van der Waals surface area contributed by atoms with Gasteiger partial charge in [0.1, 0.15) is 13.2 Å². The Hall–Kier alpha value is -4.14. The number of amides is 1. The van der Waals surface area contributed by atoms with Crippen LogP contribution in [-0.4, -0.2) is 68.5 Å². The molecule has 1 amide bonds. The number of hydrogen-bond acceptors (Lipinski definition) is 6. The summed E-state index contributed by atoms with van der Waals surface area (Å²) in [7, 11) is 1.19. The molecule has 488 valence electrons. The molecule has 0 spiro atoms. The number of nitrogens with one attached hydrogen (secondary N) is 1. The molecule has 8 nitrogen and oxygen atoms in total. The molecule has 0 saturated carbocycles. The van der Waals surface area contributed by atoms with Crippen LogP contribution in [0.15, 0.2) is 170 Å². The smallest absolute Gasteiger partial charge is 0.268 e. The van der Waals surface area contributed by atoms with Crippen LogP contribution in [0, 0.1) is 0 Å². The van der Waals surface area contributed by atoms with Crippen molar-refractivity contribution in [2.75, 3.05) is 40.9 Å². The summed E-state index contributed by atoms with van der Waals surface area (Å²) in [6, 6.07) is -0.942. The summed E-state index contributed by atoms with van der Waals surface area (Å²) in [6.45, 7) is 4.48. The van der Waals surface area contributed by atoms with E-state index in [4.69, 9.17) is 9.05 Å². The molecule has 2 N–H and O–H groups in total. The Kier molecular flexibility index (Phi) is 62.2. The van der Waals surface area contributed by atoms with Gasteiger partial charge < -0.3 is 28.8 Å². The van der Waals surface area contributed by atoms with Crippen LogP contribution in [-0.2, 0) is 18.4 Å². The number of unbranched alkanes of at least 4 members (excludes halogenated alkanes) is 22. The molecule has 0 aliphatic carbocycles. The van der Waals surface area contributed by atoms with E-state index in [-0.39, 0.29) is 18.9 Å². The molecule has 9 heteroatoms. The molecule has 0 heterocycles. The lowest BCUT2D eigenvalue weighted by Gasteiger charge is -2.29. The Morgan fingerprint density at radius 2 is 0.721 bits per heavy atom. The van der Waals surface area contributed by atoms with E-state index < -0.39 is 26.6 Å². The van der Waals surface area contributed by atoms with Crippen molar-refractivity contribution in [3.63, 3.8) is 0 Å². The summed E-state index contributed by atoms with van der Waals surface area (Å²) in [5, 5.41) is 13.9. The highest BCUT2D eigenvalue weighted by Gasteiger charge is 2.23. The van der Waals surface area contributed by atoms with Gasteiger partial charge in [0.15, 0.2) is 0 Å². The summed E-state index contributed by atoms with van der Waals surface area (Å²) in [5.41, 5.74) is 0. The minimum absolute atomic E-state index is 0.0241. The van der Waals surface area contributed by atoms with Gasteiger partial charge in [-0.05, 0) is 122 Å². The van der Waals surface area contributed by atoms with E-state index in [9.17, 15) is 19.4 Å². The predicted octanol–water partition coefficient (Wildman–Crippen LogP) is 21.7. The van der Waals surface area contributed by atoms with Crippen LogP contribution in [0.3, 0.4) is 0 Å². The Labute approximate surface area is 530 Å². The lowest BCUT2D eigenvalue weighted by molar-refractivity contribution is -0.870. The van der Waals surface area contributed by atoms with Crippen LogP contribution in [0.25, 0.3) is 0 Å². The van der Waals surface area contributed by atoms with Crippen molar-refractivity contribution in [1.82, 2.24) is 5.32 Å². The van der Waals surface area contributed by atoms with E-state index in [1.165, 1.54) is 122 Å². The molecule has 0 aliphatic rings. The fourth-order valence-corrected chi connectivity index (χ4v) is 9.81. The zero-order valence-corrected chi connectivity index (χ0v) is 56.6. The Bertz CT molecular complexity index is 2010. The van der Waals surface area contributed by atoms with Gasteiger partial charge in [-0.15, -0.1) is 0 Å². The van der Waals surface area contributed by atoms with Crippen molar-refractivity contribution < 1.29 is 32.9 Å². The standard InChI is InChI=1S/C77H129N2O6P/c1-6-8-10-12-14-16-18-20-22-24-26-28-30-32-33-34-35-36-37-38-39-40-41-42-43-44-45-47-49-51-53-55-57-59-61-63-65-67-69-71-77(81)78-75(74-85-86(82,83)84-73-72-79(3,4)5)76(80)70-68-66-64-62-60-58-56-54-52-50-48-46-31-29-27-25-23-21-19-17-15-13-11-9-7-2/h8,10,14,16,20,22,26,28,32-33,35-36,38-39,41-42,44-45,49,51,55,57,60-63,68,70,75-76,80H,6-7,9,11-13,15,17-19,21,23-25,27,29-31,34,37,40,43,46-48,50,52-54,56,58-59,64-67,69,71-74H2,1-5H3,(H-,78,81,82,83)/b10-8-,16-14-,22-20-,28-26-,33-32-,36-35-,39-38-,42-41-,45-44-,51-49-,57-55-,62-60+,63-61-,70-68+. The van der Waals surface area contributed by atoms with Crippen molar-refractivity contribution >= 4 is 13.7 Å². The number of carbonyl (C=O) groups is 1. The van der Waals surface area contributed by atoms with Gasteiger partial charge in [-0.1, -0.05) is 300 Å². The van der Waals surface area contributed by atoms with Gasteiger partial charge in [0.05, 0.1) is 39.9 Å². The second kappa shape index (κ2) is 65.3. The van der Waals surface area contributed by atoms with Crippen molar-refractivity contribution in [2.24, 2.45) is 0 Å². The molecule has 0 fully saturated rings. The summed E-state index contributed by atoms with van der Waals surface area (Å²) >= 11 is 0. The first kappa shape index (κ1) is 81.9.